The van der Waals surface area contributed by atoms with E-state index >= 15 is 0 Å². The van der Waals surface area contributed by atoms with E-state index in [0.29, 0.717) is 5.69 Å². The van der Waals surface area contributed by atoms with Gasteiger partial charge in [0.05, 0.1) is 34.7 Å². The number of amides is 1. The highest BCUT2D eigenvalue weighted by Crippen LogP contribution is 2.35. The van der Waals surface area contributed by atoms with Crippen molar-refractivity contribution < 1.29 is 4.79 Å². The van der Waals surface area contributed by atoms with Gasteiger partial charge < -0.3 is 16.8 Å². The van der Waals surface area contributed by atoms with Crippen molar-refractivity contribution in [3.63, 3.8) is 0 Å². The van der Waals surface area contributed by atoms with Crippen molar-refractivity contribution in [2.45, 2.75) is 44.7 Å². The molecule has 1 saturated carbocycles. The van der Waals surface area contributed by atoms with Gasteiger partial charge in [-0.05, 0) is 49.9 Å². The van der Waals surface area contributed by atoms with Crippen LogP contribution in [-0.2, 0) is 4.79 Å². The highest BCUT2D eigenvalue weighted by atomic mass is 16.1. The molecule has 0 spiro atoms. The minimum atomic E-state index is -0.130. The molecule has 30 heavy (non-hydrogen) atoms. The van der Waals surface area contributed by atoms with Crippen molar-refractivity contribution in [1.82, 2.24) is 9.97 Å². The summed E-state index contributed by atoms with van der Waals surface area (Å²) in [4.78, 5) is 20.3. The second kappa shape index (κ2) is 8.81. The molecule has 2 aliphatic rings. The Morgan fingerprint density at radius 2 is 1.53 bits per heavy atom. The van der Waals surface area contributed by atoms with Crippen molar-refractivity contribution in [2.75, 3.05) is 5.32 Å². The van der Waals surface area contributed by atoms with Crippen molar-refractivity contribution in [3.8, 4) is 0 Å². The van der Waals surface area contributed by atoms with Crippen LogP contribution in [0.4, 0.5) is 5.69 Å². The van der Waals surface area contributed by atoms with Crippen LogP contribution >= 0.6 is 0 Å². The fourth-order valence-corrected chi connectivity index (χ4v) is 4.30. The lowest BCUT2D eigenvalue weighted by Crippen LogP contribution is -2.46. The monoisotopic (exact) mass is 405 g/mol. The number of anilines is 1. The number of fused-ring (bicyclic) bond motifs is 1. The molecule has 8 heteroatoms. The number of hydrogen-bond donors (Lipinski definition) is 3. The van der Waals surface area contributed by atoms with E-state index in [1.807, 2.05) is 30.3 Å². The summed E-state index contributed by atoms with van der Waals surface area (Å²) in [6.07, 6.45) is 6.81. The summed E-state index contributed by atoms with van der Waals surface area (Å²) in [6.45, 7) is 1.47. The molecule has 3 heterocycles. The number of aromatic nitrogens is 2. The Kier molecular flexibility index (Phi) is 5.96. The normalized spacial score (nSPS) is 26.5. The first-order valence-corrected chi connectivity index (χ1v) is 10.3. The van der Waals surface area contributed by atoms with Crippen LogP contribution in [0.2, 0.25) is 0 Å². The summed E-state index contributed by atoms with van der Waals surface area (Å²) in [5, 5.41) is 11.9. The average molecular weight is 406 g/mol. The van der Waals surface area contributed by atoms with E-state index in [4.69, 9.17) is 11.5 Å². The van der Waals surface area contributed by atoms with Crippen molar-refractivity contribution in [3.05, 3.63) is 54.1 Å². The van der Waals surface area contributed by atoms with Crippen LogP contribution in [0.3, 0.4) is 0 Å². The predicted octanol–water partition coefficient (Wildman–Crippen LogP) is 2.10. The number of nitrogens with one attached hydrogen (secondary N) is 1. The van der Waals surface area contributed by atoms with Crippen LogP contribution in [0, 0.1) is 11.8 Å². The molecular formula is C22H27N7O. The minimum absolute atomic E-state index is 0.0201. The number of carbonyl (C=O) groups is 1. The Morgan fingerprint density at radius 3 is 2.03 bits per heavy atom. The van der Waals surface area contributed by atoms with E-state index in [2.05, 4.69) is 25.5 Å². The fourth-order valence-electron chi connectivity index (χ4n) is 4.30. The molecule has 0 saturated heterocycles. The van der Waals surface area contributed by atoms with Gasteiger partial charge in [-0.25, -0.2) is 0 Å². The zero-order valence-corrected chi connectivity index (χ0v) is 17.0. The van der Waals surface area contributed by atoms with Crippen molar-refractivity contribution >= 4 is 23.0 Å². The lowest BCUT2D eigenvalue weighted by atomic mass is 9.73. The molecule has 1 amide bonds. The smallest absolute Gasteiger partial charge is 0.221 e. The average Bonchev–Trinajstić information content (AvgIpc) is 2.75. The van der Waals surface area contributed by atoms with Crippen LogP contribution in [0.15, 0.2) is 52.9 Å². The number of hydrogen-bond acceptors (Lipinski definition) is 7. The lowest BCUT2D eigenvalue weighted by Gasteiger charge is -2.35. The molecule has 4 rings (SSSR count). The molecule has 1 aliphatic heterocycles. The maximum Gasteiger partial charge on any atom is 0.221 e. The molecule has 0 aromatic carbocycles. The molecule has 2 aromatic rings. The van der Waals surface area contributed by atoms with E-state index in [1.165, 1.54) is 6.92 Å². The van der Waals surface area contributed by atoms with Gasteiger partial charge in [0.25, 0.3) is 0 Å². The van der Waals surface area contributed by atoms with Crippen LogP contribution in [0.5, 0.6) is 0 Å². The van der Waals surface area contributed by atoms with Crippen LogP contribution in [0.25, 0.3) is 0 Å². The number of nitrogens with zero attached hydrogens (tertiary/aromatic N) is 4. The fraction of sp³-hybridized carbons (Fsp3) is 0.409. The molecule has 4 unspecified atom stereocenters. The maximum absolute atomic E-state index is 11.3. The number of rotatable bonds is 3. The highest BCUT2D eigenvalue weighted by Gasteiger charge is 2.38. The maximum atomic E-state index is 11.3. The molecule has 8 nitrogen and oxygen atoms in total. The molecule has 5 N–H and O–H groups in total. The molecular weight excluding hydrogens is 378 g/mol. The van der Waals surface area contributed by atoms with Crippen LogP contribution < -0.4 is 16.8 Å². The largest absolute Gasteiger partial charge is 0.326 e. The third-order valence-corrected chi connectivity index (χ3v) is 5.90. The molecule has 0 bridgehead atoms. The quantitative estimate of drug-likeness (QED) is 0.719. The van der Waals surface area contributed by atoms with E-state index in [9.17, 15) is 4.79 Å². The van der Waals surface area contributed by atoms with Gasteiger partial charge in [-0.3, -0.25) is 14.8 Å². The van der Waals surface area contributed by atoms with Crippen molar-refractivity contribution in [2.24, 2.45) is 33.5 Å². The summed E-state index contributed by atoms with van der Waals surface area (Å²) >= 11 is 0. The Morgan fingerprint density at radius 1 is 0.900 bits per heavy atom. The zero-order chi connectivity index (χ0) is 21.1. The van der Waals surface area contributed by atoms with Gasteiger partial charge >= 0.3 is 0 Å². The number of nitrogens with two attached hydrogens (primary N) is 2. The molecule has 2 aromatic heterocycles. The number of pyridine rings is 2. The Labute approximate surface area is 175 Å². The van der Waals surface area contributed by atoms with Gasteiger partial charge in [0, 0.05) is 37.0 Å². The van der Waals surface area contributed by atoms with Crippen molar-refractivity contribution in [1.29, 1.82) is 0 Å². The minimum Gasteiger partial charge on any atom is -0.326 e. The van der Waals surface area contributed by atoms with E-state index in [0.717, 1.165) is 48.5 Å². The van der Waals surface area contributed by atoms with E-state index in [1.54, 1.807) is 12.4 Å². The molecule has 1 aliphatic carbocycles. The molecule has 4 atom stereocenters. The summed E-state index contributed by atoms with van der Waals surface area (Å²) in [5.74, 6) is 0.162. The first kappa shape index (κ1) is 20.3. The zero-order valence-electron chi connectivity index (χ0n) is 17.0. The Balaban J connectivity index is 1.71. The summed E-state index contributed by atoms with van der Waals surface area (Å²) in [5.41, 5.74) is 16.6. The standard InChI is InChI=1S/C22H27N7O/c1-13(30)27-14-5-10-20(26-12-14)22-16-7-9-18(24)17(23)8-6-15(16)21(28-29-22)19-4-2-3-11-25-19/h2-5,10-12,15-18H,6-9,23-24H2,1H3,(H,27,30). The molecule has 156 valence electrons. The van der Waals surface area contributed by atoms with E-state index < -0.39 is 0 Å². The van der Waals surface area contributed by atoms with Gasteiger partial charge in [0.2, 0.25) is 5.91 Å². The van der Waals surface area contributed by atoms with Crippen LogP contribution in [-0.4, -0.2) is 39.4 Å². The third-order valence-electron chi connectivity index (χ3n) is 5.90. The first-order valence-electron chi connectivity index (χ1n) is 10.3. The Hall–Kier alpha value is -2.97. The summed E-state index contributed by atoms with van der Waals surface area (Å²) < 4.78 is 0. The number of carbonyl (C=O) groups excluding carboxylic acids is 1. The van der Waals surface area contributed by atoms with E-state index in [-0.39, 0.29) is 29.8 Å². The van der Waals surface area contributed by atoms with Gasteiger partial charge in [0.15, 0.2) is 0 Å². The van der Waals surface area contributed by atoms with Gasteiger partial charge in [-0.1, -0.05) is 6.07 Å². The first-order chi connectivity index (χ1) is 14.5. The molecule has 0 radical (unpaired) electrons. The summed E-state index contributed by atoms with van der Waals surface area (Å²) in [6, 6.07) is 9.50. The SMILES string of the molecule is CC(=O)Nc1ccc(C2=NN=C(c3ccccn3)C3CCC(N)C(N)CCC23)nc1. The Bertz CT molecular complexity index is 955. The van der Waals surface area contributed by atoms with Crippen LogP contribution in [0.1, 0.15) is 44.0 Å². The van der Waals surface area contributed by atoms with Gasteiger partial charge in [-0.2, -0.15) is 10.2 Å². The lowest BCUT2D eigenvalue weighted by molar-refractivity contribution is -0.114. The second-order valence-corrected chi connectivity index (χ2v) is 7.99. The third kappa shape index (κ3) is 4.29. The van der Waals surface area contributed by atoms with Gasteiger partial charge in [0.1, 0.15) is 0 Å². The topological polar surface area (TPSA) is 132 Å². The summed E-state index contributed by atoms with van der Waals surface area (Å²) in [7, 11) is 0. The van der Waals surface area contributed by atoms with Gasteiger partial charge in [-0.15, -0.1) is 0 Å². The second-order valence-electron chi connectivity index (χ2n) is 7.99. The highest BCUT2D eigenvalue weighted by molar-refractivity contribution is 6.10. The predicted molar refractivity (Wildman–Crippen MR) is 117 cm³/mol. The molecule has 1 fully saturated rings.